The van der Waals surface area contributed by atoms with Crippen molar-refractivity contribution in [2.24, 2.45) is 0 Å². The molecular formula is C16H19NO4S. The SMILES string of the molecule is CC(=O)OC(C)(C)C(=O)NCC(c1ccco1)c1cccs1. The maximum Gasteiger partial charge on any atom is 0.303 e. The van der Waals surface area contributed by atoms with Crippen LogP contribution in [0.25, 0.3) is 0 Å². The van der Waals surface area contributed by atoms with Crippen LogP contribution in [-0.2, 0) is 14.3 Å². The van der Waals surface area contributed by atoms with Gasteiger partial charge in [-0.2, -0.15) is 0 Å². The maximum atomic E-state index is 12.2. The molecule has 22 heavy (non-hydrogen) atoms. The van der Waals surface area contributed by atoms with E-state index in [1.54, 1.807) is 31.4 Å². The fourth-order valence-corrected chi connectivity index (χ4v) is 2.97. The number of esters is 1. The smallest absolute Gasteiger partial charge is 0.303 e. The van der Waals surface area contributed by atoms with Crippen LogP contribution in [0.2, 0.25) is 0 Å². The van der Waals surface area contributed by atoms with Crippen molar-refractivity contribution < 1.29 is 18.7 Å². The van der Waals surface area contributed by atoms with Crippen LogP contribution in [0.15, 0.2) is 40.3 Å². The van der Waals surface area contributed by atoms with Gasteiger partial charge in [0.05, 0.1) is 12.2 Å². The number of carbonyl (C=O) groups excluding carboxylic acids is 2. The van der Waals surface area contributed by atoms with Crippen molar-refractivity contribution in [1.82, 2.24) is 5.32 Å². The Hall–Kier alpha value is -2.08. The number of amides is 1. The van der Waals surface area contributed by atoms with Crippen LogP contribution in [-0.4, -0.2) is 24.0 Å². The summed E-state index contributed by atoms with van der Waals surface area (Å²) >= 11 is 1.60. The number of thiophene rings is 1. The van der Waals surface area contributed by atoms with Crippen LogP contribution >= 0.6 is 11.3 Å². The van der Waals surface area contributed by atoms with Crippen molar-refractivity contribution in [2.75, 3.05) is 6.54 Å². The second-order valence-electron chi connectivity index (χ2n) is 5.40. The summed E-state index contributed by atoms with van der Waals surface area (Å²) < 4.78 is 10.5. The zero-order chi connectivity index (χ0) is 16.2. The minimum atomic E-state index is -1.20. The van der Waals surface area contributed by atoms with Gasteiger partial charge >= 0.3 is 5.97 Å². The molecule has 1 N–H and O–H groups in total. The monoisotopic (exact) mass is 321 g/mol. The zero-order valence-corrected chi connectivity index (χ0v) is 13.6. The Morgan fingerprint density at radius 2 is 2.14 bits per heavy atom. The quantitative estimate of drug-likeness (QED) is 0.831. The third-order valence-electron chi connectivity index (χ3n) is 3.19. The van der Waals surface area contributed by atoms with E-state index in [4.69, 9.17) is 9.15 Å². The molecule has 0 bridgehead atoms. The molecule has 2 aromatic rings. The number of carbonyl (C=O) groups is 2. The Labute approximate surface area is 133 Å². The van der Waals surface area contributed by atoms with Crippen LogP contribution in [0, 0.1) is 0 Å². The molecule has 0 fully saturated rings. The van der Waals surface area contributed by atoms with E-state index in [0.29, 0.717) is 6.54 Å². The minimum Gasteiger partial charge on any atom is -0.469 e. The fraction of sp³-hybridized carbons (Fsp3) is 0.375. The summed E-state index contributed by atoms with van der Waals surface area (Å²) in [4.78, 5) is 24.4. The van der Waals surface area contributed by atoms with E-state index in [1.165, 1.54) is 6.92 Å². The Bertz CT molecular complexity index is 582. The van der Waals surface area contributed by atoms with E-state index in [0.717, 1.165) is 10.6 Å². The van der Waals surface area contributed by atoms with Crippen LogP contribution in [0.4, 0.5) is 0 Å². The number of ether oxygens (including phenoxy) is 1. The summed E-state index contributed by atoms with van der Waals surface area (Å²) in [6.07, 6.45) is 1.61. The molecule has 6 heteroatoms. The Morgan fingerprint density at radius 3 is 2.68 bits per heavy atom. The lowest BCUT2D eigenvalue weighted by Crippen LogP contribution is -2.46. The summed E-state index contributed by atoms with van der Waals surface area (Å²) in [5, 5.41) is 4.82. The molecule has 0 aromatic carbocycles. The van der Waals surface area contributed by atoms with Gasteiger partial charge in [-0.15, -0.1) is 11.3 Å². The predicted octanol–water partition coefficient (Wildman–Crippen LogP) is 2.93. The molecule has 1 unspecified atom stereocenters. The first-order chi connectivity index (χ1) is 10.4. The van der Waals surface area contributed by atoms with Crippen LogP contribution < -0.4 is 5.32 Å². The van der Waals surface area contributed by atoms with Gasteiger partial charge in [-0.1, -0.05) is 6.07 Å². The number of hydrogen-bond donors (Lipinski definition) is 1. The Balaban J connectivity index is 2.06. The van der Waals surface area contributed by atoms with Crippen LogP contribution in [0.3, 0.4) is 0 Å². The van der Waals surface area contributed by atoms with Gasteiger partial charge in [-0.25, -0.2) is 0 Å². The van der Waals surface area contributed by atoms with Gasteiger partial charge < -0.3 is 14.5 Å². The Morgan fingerprint density at radius 1 is 1.36 bits per heavy atom. The van der Waals surface area contributed by atoms with Crippen molar-refractivity contribution in [1.29, 1.82) is 0 Å². The Kier molecular flexibility index (Phi) is 5.03. The third-order valence-corrected chi connectivity index (χ3v) is 4.17. The van der Waals surface area contributed by atoms with E-state index in [2.05, 4.69) is 5.32 Å². The lowest BCUT2D eigenvalue weighted by atomic mass is 10.0. The van der Waals surface area contributed by atoms with Crippen molar-refractivity contribution in [3.05, 3.63) is 46.5 Å². The molecule has 1 amide bonds. The molecular weight excluding hydrogens is 302 g/mol. The molecule has 1 atom stereocenters. The van der Waals surface area contributed by atoms with Crippen molar-refractivity contribution in [3.63, 3.8) is 0 Å². The van der Waals surface area contributed by atoms with Gasteiger partial charge in [-0.3, -0.25) is 9.59 Å². The van der Waals surface area contributed by atoms with Gasteiger partial charge in [0.25, 0.3) is 5.91 Å². The lowest BCUT2D eigenvalue weighted by molar-refractivity contribution is -0.162. The number of nitrogens with one attached hydrogen (secondary N) is 1. The summed E-state index contributed by atoms with van der Waals surface area (Å²) in [6.45, 7) is 4.79. The molecule has 2 rings (SSSR count). The first-order valence-electron chi connectivity index (χ1n) is 6.95. The molecule has 0 aliphatic heterocycles. The molecule has 0 saturated heterocycles. The van der Waals surface area contributed by atoms with Gasteiger partial charge in [-0.05, 0) is 37.4 Å². The summed E-state index contributed by atoms with van der Waals surface area (Å²) in [5.74, 6) is -0.100. The van der Waals surface area contributed by atoms with Gasteiger partial charge in [0.2, 0.25) is 0 Å². The number of hydrogen-bond acceptors (Lipinski definition) is 5. The average molecular weight is 321 g/mol. The standard InChI is InChI=1S/C16H19NO4S/c1-11(18)21-16(2,3)15(19)17-10-12(13-6-4-8-20-13)14-7-5-9-22-14/h4-9,12H,10H2,1-3H3,(H,17,19). The van der Waals surface area contributed by atoms with Gasteiger partial charge in [0.1, 0.15) is 5.76 Å². The van der Waals surface area contributed by atoms with Gasteiger partial charge in [0, 0.05) is 18.3 Å². The maximum absolute atomic E-state index is 12.2. The third kappa shape index (κ3) is 3.98. The predicted molar refractivity (Wildman–Crippen MR) is 83.7 cm³/mol. The highest BCUT2D eigenvalue weighted by Gasteiger charge is 2.31. The average Bonchev–Trinajstić information content (AvgIpc) is 3.10. The first kappa shape index (κ1) is 16.3. The summed E-state index contributed by atoms with van der Waals surface area (Å²) in [7, 11) is 0. The van der Waals surface area contributed by atoms with Gasteiger partial charge in [0.15, 0.2) is 5.60 Å². The van der Waals surface area contributed by atoms with E-state index >= 15 is 0 Å². The highest BCUT2D eigenvalue weighted by atomic mass is 32.1. The highest BCUT2D eigenvalue weighted by Crippen LogP contribution is 2.28. The fourth-order valence-electron chi connectivity index (χ4n) is 2.13. The molecule has 0 spiro atoms. The second kappa shape index (κ2) is 6.79. The lowest BCUT2D eigenvalue weighted by Gasteiger charge is -2.24. The van der Waals surface area contributed by atoms with Crippen molar-refractivity contribution in [3.8, 4) is 0 Å². The van der Waals surface area contributed by atoms with E-state index in [9.17, 15) is 9.59 Å². The normalized spacial score (nSPS) is 12.7. The van der Waals surface area contributed by atoms with E-state index < -0.39 is 11.6 Å². The molecule has 0 radical (unpaired) electrons. The van der Waals surface area contributed by atoms with Crippen LogP contribution in [0.5, 0.6) is 0 Å². The molecule has 0 saturated carbocycles. The van der Waals surface area contributed by atoms with Crippen LogP contribution in [0.1, 0.15) is 37.3 Å². The van der Waals surface area contributed by atoms with E-state index in [-0.39, 0.29) is 11.8 Å². The summed E-state index contributed by atoms with van der Waals surface area (Å²) in [5.41, 5.74) is -1.20. The second-order valence-corrected chi connectivity index (χ2v) is 6.38. The largest absolute Gasteiger partial charge is 0.469 e. The molecule has 5 nitrogen and oxygen atoms in total. The van der Waals surface area contributed by atoms with E-state index in [1.807, 2.05) is 29.6 Å². The minimum absolute atomic E-state index is 0.0629. The number of furan rings is 1. The molecule has 0 aliphatic rings. The molecule has 118 valence electrons. The number of rotatable bonds is 6. The molecule has 2 aromatic heterocycles. The highest BCUT2D eigenvalue weighted by molar-refractivity contribution is 7.10. The summed E-state index contributed by atoms with van der Waals surface area (Å²) in [6, 6.07) is 7.66. The first-order valence-corrected chi connectivity index (χ1v) is 7.83. The van der Waals surface area contributed by atoms with Crippen molar-refractivity contribution in [2.45, 2.75) is 32.3 Å². The zero-order valence-electron chi connectivity index (χ0n) is 12.8. The molecule has 0 aliphatic carbocycles. The van der Waals surface area contributed by atoms with Crippen molar-refractivity contribution >= 4 is 23.2 Å². The molecule has 2 heterocycles. The topological polar surface area (TPSA) is 68.5 Å².